The zero-order valence-electron chi connectivity index (χ0n) is 36.0. The highest BCUT2D eigenvalue weighted by Crippen LogP contribution is 2.23. The van der Waals surface area contributed by atoms with Crippen LogP contribution in [0.25, 0.3) is 0 Å². The third-order valence-electron chi connectivity index (χ3n) is 10.7. The molecule has 0 radical (unpaired) electrons. The molecule has 2 aromatic rings. The van der Waals surface area contributed by atoms with Crippen molar-refractivity contribution < 1.29 is 47.7 Å². The molecule has 2 atom stereocenters. The quantitative estimate of drug-likeness (QED) is 0.291. The van der Waals surface area contributed by atoms with Crippen molar-refractivity contribution >= 4 is 54.9 Å². The fourth-order valence-corrected chi connectivity index (χ4v) is 7.39. The molecule has 6 rings (SSSR count). The number of halogens is 2. The molecule has 4 aliphatic rings. The molecule has 4 fully saturated rings. The highest BCUT2D eigenvalue weighted by atomic mass is 35.5. The highest BCUT2D eigenvalue weighted by molar-refractivity contribution is 5.85. The van der Waals surface area contributed by atoms with E-state index in [1.54, 1.807) is 75.3 Å². The van der Waals surface area contributed by atoms with Gasteiger partial charge in [-0.25, -0.2) is 14.4 Å². The van der Waals surface area contributed by atoms with E-state index < -0.39 is 23.8 Å². The van der Waals surface area contributed by atoms with Crippen molar-refractivity contribution in [2.75, 3.05) is 65.6 Å². The van der Waals surface area contributed by atoms with Crippen LogP contribution >= 0.6 is 24.8 Å². The first-order chi connectivity index (χ1) is 28.3. The van der Waals surface area contributed by atoms with Crippen LogP contribution in [0.3, 0.4) is 0 Å². The molecule has 340 valence electrons. The van der Waals surface area contributed by atoms with Gasteiger partial charge in [0, 0.05) is 104 Å². The maximum Gasteiger partial charge on any atom is 0.410 e. The number of hydrogen-bond donors (Lipinski definition) is 0. The predicted molar refractivity (Wildman–Crippen MR) is 230 cm³/mol. The van der Waals surface area contributed by atoms with Gasteiger partial charge in [-0.05, 0) is 64.3 Å². The Bertz CT molecular complexity index is 1680. The van der Waals surface area contributed by atoms with Crippen LogP contribution in [0, 0.1) is 0 Å². The van der Waals surface area contributed by atoms with Crippen molar-refractivity contribution in [3.05, 3.63) is 49.1 Å². The van der Waals surface area contributed by atoms with Crippen LogP contribution in [0.15, 0.2) is 49.1 Å². The van der Waals surface area contributed by atoms with Crippen molar-refractivity contribution in [3.63, 3.8) is 0 Å². The van der Waals surface area contributed by atoms with Gasteiger partial charge in [0.1, 0.15) is 42.5 Å². The lowest BCUT2D eigenvalue weighted by Gasteiger charge is -2.41. The van der Waals surface area contributed by atoms with Gasteiger partial charge in [0.15, 0.2) is 0 Å². The van der Waals surface area contributed by atoms with E-state index in [4.69, 9.17) is 23.7 Å². The van der Waals surface area contributed by atoms with E-state index in [1.165, 1.54) is 0 Å². The Morgan fingerprint density at radius 1 is 0.607 bits per heavy atom. The van der Waals surface area contributed by atoms with Crippen LogP contribution in [0.2, 0.25) is 0 Å². The summed E-state index contributed by atoms with van der Waals surface area (Å²) in [5, 5.41) is 0. The second-order valence-corrected chi connectivity index (χ2v) is 16.3. The maximum absolute atomic E-state index is 13.0. The van der Waals surface area contributed by atoms with Crippen LogP contribution in [0.1, 0.15) is 79.6 Å². The molecular formula is C42H63Cl2N7O10. The number of ether oxygens (including phenoxy) is 5. The summed E-state index contributed by atoms with van der Waals surface area (Å²) in [7, 11) is 0. The Balaban J connectivity index is 0.000000323. The monoisotopic (exact) mass is 895 g/mol. The number of rotatable bonds is 8. The van der Waals surface area contributed by atoms with Crippen molar-refractivity contribution in [1.29, 1.82) is 0 Å². The van der Waals surface area contributed by atoms with E-state index in [1.807, 2.05) is 32.9 Å². The molecule has 0 aliphatic carbocycles. The zero-order valence-corrected chi connectivity index (χ0v) is 37.6. The van der Waals surface area contributed by atoms with E-state index >= 15 is 0 Å². The van der Waals surface area contributed by atoms with E-state index in [9.17, 15) is 24.0 Å². The number of piperazine rings is 1. The number of piperidine rings is 3. The minimum atomic E-state index is -0.608. The molecule has 2 aromatic heterocycles. The van der Waals surface area contributed by atoms with E-state index in [0.717, 1.165) is 19.3 Å². The van der Waals surface area contributed by atoms with Crippen LogP contribution in [0.5, 0.6) is 11.5 Å². The molecule has 0 bridgehead atoms. The van der Waals surface area contributed by atoms with E-state index in [2.05, 4.69) is 9.97 Å². The van der Waals surface area contributed by atoms with Gasteiger partial charge in [-0.3, -0.25) is 24.5 Å². The SMILES string of the molecule is CC(=O)N1CCC(OC(=O)N2CCCCC2COc2cccnc2)CC1.CC(=O)N1CCC(OC(=O)N2CCN(C(=O)OC(C)(C)C)CC2COc2cccnc2)CC1.Cl.Cl. The Hall–Kier alpha value is -4.77. The summed E-state index contributed by atoms with van der Waals surface area (Å²) in [4.78, 5) is 77.9. The van der Waals surface area contributed by atoms with Gasteiger partial charge in [-0.15, -0.1) is 24.8 Å². The molecule has 61 heavy (non-hydrogen) atoms. The van der Waals surface area contributed by atoms with Gasteiger partial charge >= 0.3 is 18.3 Å². The summed E-state index contributed by atoms with van der Waals surface area (Å²) in [6, 6.07) is 6.86. The van der Waals surface area contributed by atoms with E-state index in [0.29, 0.717) is 89.6 Å². The second-order valence-electron chi connectivity index (χ2n) is 16.3. The van der Waals surface area contributed by atoms with Gasteiger partial charge in [-0.2, -0.15) is 0 Å². The van der Waals surface area contributed by atoms with Crippen LogP contribution in [-0.2, 0) is 23.8 Å². The van der Waals surface area contributed by atoms with Crippen LogP contribution in [-0.4, -0.2) is 160 Å². The minimum absolute atomic E-state index is 0. The summed E-state index contributed by atoms with van der Waals surface area (Å²) in [6.07, 6.45) is 10.8. The van der Waals surface area contributed by atoms with Gasteiger partial charge in [-0.1, -0.05) is 0 Å². The standard InChI is InChI=1S/C23H34N4O6.C19H27N3O4.2ClH/c1-17(28)25-10-7-19(8-11-25)32-22(30)27-13-12-26(21(29)33-23(2,3)4)15-18(27)16-31-20-6-5-9-24-14-20;1-15(23)21-11-7-17(8-12-21)26-19(24)22-10-3-2-5-16(22)14-25-18-6-4-9-20-13-18;;/h5-6,9,14,18-19H,7-8,10-13,15-16H2,1-4H3;4,6,9,13,16-17H,2-3,5,7-8,10-12,14H2,1H3;2*1H. The maximum atomic E-state index is 13.0. The Labute approximate surface area is 371 Å². The van der Waals surface area contributed by atoms with Gasteiger partial charge in [0.2, 0.25) is 11.8 Å². The summed E-state index contributed by atoms with van der Waals surface area (Å²) in [5.41, 5.74) is -0.608. The molecule has 2 unspecified atom stereocenters. The van der Waals surface area contributed by atoms with Gasteiger partial charge < -0.3 is 43.3 Å². The average molecular weight is 897 g/mol. The molecule has 5 amide bonds. The highest BCUT2D eigenvalue weighted by Gasteiger charge is 2.37. The molecule has 0 N–H and O–H groups in total. The summed E-state index contributed by atoms with van der Waals surface area (Å²) in [5.74, 6) is 1.41. The molecular weight excluding hydrogens is 833 g/mol. The smallest absolute Gasteiger partial charge is 0.410 e. The topological polar surface area (TPSA) is 173 Å². The molecule has 4 saturated heterocycles. The van der Waals surface area contributed by atoms with Gasteiger partial charge in [0.25, 0.3) is 0 Å². The van der Waals surface area contributed by atoms with Crippen LogP contribution in [0.4, 0.5) is 14.4 Å². The minimum Gasteiger partial charge on any atom is -0.490 e. The molecule has 17 nitrogen and oxygen atoms in total. The third-order valence-corrected chi connectivity index (χ3v) is 10.7. The number of nitrogens with zero attached hydrogens (tertiary/aromatic N) is 7. The number of carbonyl (C=O) groups excluding carboxylic acids is 5. The lowest BCUT2D eigenvalue weighted by Crippen LogP contribution is -2.59. The summed E-state index contributed by atoms with van der Waals surface area (Å²) >= 11 is 0. The predicted octanol–water partition coefficient (Wildman–Crippen LogP) is 5.84. The first-order valence-electron chi connectivity index (χ1n) is 20.7. The van der Waals surface area contributed by atoms with E-state index in [-0.39, 0.29) is 74.1 Å². The first-order valence-corrected chi connectivity index (χ1v) is 20.7. The lowest BCUT2D eigenvalue weighted by molar-refractivity contribution is -0.131. The fraction of sp³-hybridized carbons (Fsp3) is 0.643. The molecule has 19 heteroatoms. The number of likely N-dealkylation sites (tertiary alicyclic amines) is 3. The number of amides is 5. The Kier molecular flexibility index (Phi) is 20.4. The van der Waals surface area contributed by atoms with Crippen LogP contribution < -0.4 is 9.47 Å². The molecule has 4 aliphatic heterocycles. The average Bonchev–Trinajstić information content (AvgIpc) is 3.23. The molecule has 0 aromatic carbocycles. The fourth-order valence-electron chi connectivity index (χ4n) is 7.39. The largest absolute Gasteiger partial charge is 0.490 e. The van der Waals surface area contributed by atoms with Gasteiger partial charge in [0.05, 0.1) is 24.5 Å². The number of pyridine rings is 2. The van der Waals surface area contributed by atoms with Crippen molar-refractivity contribution in [2.45, 2.75) is 109 Å². The molecule has 0 saturated carbocycles. The summed E-state index contributed by atoms with van der Waals surface area (Å²) < 4.78 is 28.6. The first kappa shape index (κ1) is 50.6. The van der Waals surface area contributed by atoms with Crippen molar-refractivity contribution in [3.8, 4) is 11.5 Å². The number of hydrogen-bond acceptors (Lipinski definition) is 12. The normalized spacial score (nSPS) is 19.8. The lowest BCUT2D eigenvalue weighted by atomic mass is 10.0. The summed E-state index contributed by atoms with van der Waals surface area (Å²) in [6.45, 7) is 13.3. The number of carbonyl (C=O) groups is 5. The Morgan fingerprint density at radius 3 is 1.52 bits per heavy atom. The van der Waals surface area contributed by atoms with Crippen molar-refractivity contribution in [1.82, 2.24) is 34.5 Å². The molecule has 6 heterocycles. The number of aromatic nitrogens is 2. The van der Waals surface area contributed by atoms with Crippen molar-refractivity contribution in [2.24, 2.45) is 0 Å². The second kappa shape index (κ2) is 24.6. The Morgan fingerprint density at radius 2 is 1.08 bits per heavy atom. The third kappa shape index (κ3) is 16.2. The molecule has 0 spiro atoms. The zero-order chi connectivity index (χ0) is 42.4.